The van der Waals surface area contributed by atoms with E-state index in [1.54, 1.807) is 7.11 Å². The number of hydrogen-bond donors (Lipinski definition) is 1. The summed E-state index contributed by atoms with van der Waals surface area (Å²) in [5.41, 5.74) is 3.79. The lowest BCUT2D eigenvalue weighted by Gasteiger charge is -2.07. The summed E-state index contributed by atoms with van der Waals surface area (Å²) in [6, 6.07) is 6.37. The van der Waals surface area contributed by atoms with Crippen LogP contribution in [0.2, 0.25) is 0 Å². The van der Waals surface area contributed by atoms with Crippen molar-refractivity contribution in [1.29, 1.82) is 0 Å². The second-order valence-electron chi connectivity index (χ2n) is 4.63. The van der Waals surface area contributed by atoms with E-state index in [2.05, 4.69) is 37.4 Å². The number of nitrogens with one attached hydrogen (secondary N) is 1. The Bertz CT molecular complexity index is 388. The molecule has 1 N–H and O–H groups in total. The first kappa shape index (κ1) is 14.7. The van der Waals surface area contributed by atoms with Crippen LogP contribution in [0.1, 0.15) is 29.5 Å². The van der Waals surface area contributed by atoms with Crippen molar-refractivity contribution < 1.29 is 9.53 Å². The fourth-order valence-electron chi connectivity index (χ4n) is 1.91. The minimum Gasteiger partial charge on any atom is -0.385 e. The van der Waals surface area contributed by atoms with Crippen molar-refractivity contribution in [2.24, 2.45) is 0 Å². The van der Waals surface area contributed by atoms with Gasteiger partial charge in [-0.25, -0.2) is 0 Å². The zero-order chi connectivity index (χ0) is 13.4. The van der Waals surface area contributed by atoms with Crippen LogP contribution in [0, 0.1) is 13.8 Å². The summed E-state index contributed by atoms with van der Waals surface area (Å²) in [6.45, 7) is 5.56. The van der Waals surface area contributed by atoms with E-state index in [4.69, 9.17) is 4.74 Å². The fourth-order valence-corrected chi connectivity index (χ4v) is 1.91. The molecule has 0 radical (unpaired) electrons. The number of carbonyl (C=O) groups excluding carboxylic acids is 1. The molecule has 100 valence electrons. The van der Waals surface area contributed by atoms with E-state index in [9.17, 15) is 4.79 Å². The Balaban J connectivity index is 2.29. The third kappa shape index (κ3) is 5.32. The van der Waals surface area contributed by atoms with Crippen molar-refractivity contribution in [1.82, 2.24) is 5.32 Å². The minimum atomic E-state index is 0.117. The van der Waals surface area contributed by atoms with Gasteiger partial charge in [0.15, 0.2) is 0 Å². The molecule has 0 atom stereocenters. The molecular weight excluding hydrogens is 226 g/mol. The standard InChI is InChI=1S/C15H23NO2/c1-12-5-6-14(13(2)11-12)7-8-15(17)16-9-4-10-18-3/h5-6,11H,4,7-10H2,1-3H3,(H,16,17). The van der Waals surface area contributed by atoms with Gasteiger partial charge in [-0.3, -0.25) is 4.79 Å². The zero-order valence-electron chi connectivity index (χ0n) is 11.6. The molecule has 1 amide bonds. The normalized spacial score (nSPS) is 10.4. The summed E-state index contributed by atoms with van der Waals surface area (Å²) in [5, 5.41) is 2.90. The van der Waals surface area contributed by atoms with E-state index in [-0.39, 0.29) is 5.91 Å². The number of rotatable bonds is 7. The fraction of sp³-hybridized carbons (Fsp3) is 0.533. The Labute approximate surface area is 110 Å². The van der Waals surface area contributed by atoms with E-state index >= 15 is 0 Å². The van der Waals surface area contributed by atoms with Crippen molar-refractivity contribution in [2.75, 3.05) is 20.3 Å². The van der Waals surface area contributed by atoms with Crippen LogP contribution in [-0.4, -0.2) is 26.2 Å². The number of hydrogen-bond acceptors (Lipinski definition) is 2. The van der Waals surface area contributed by atoms with Crippen LogP contribution >= 0.6 is 0 Å². The number of aryl methyl sites for hydroxylation is 3. The van der Waals surface area contributed by atoms with Gasteiger partial charge in [0.25, 0.3) is 0 Å². The summed E-state index contributed by atoms with van der Waals surface area (Å²) < 4.78 is 4.93. The van der Waals surface area contributed by atoms with E-state index in [0.717, 1.165) is 12.8 Å². The number of ether oxygens (including phenoxy) is 1. The molecule has 1 aromatic carbocycles. The highest BCUT2D eigenvalue weighted by atomic mass is 16.5. The molecule has 0 saturated carbocycles. The number of carbonyl (C=O) groups is 1. The van der Waals surface area contributed by atoms with Gasteiger partial charge in [-0.2, -0.15) is 0 Å². The lowest BCUT2D eigenvalue weighted by atomic mass is 10.0. The smallest absolute Gasteiger partial charge is 0.220 e. The third-order valence-corrected chi connectivity index (χ3v) is 2.97. The zero-order valence-corrected chi connectivity index (χ0v) is 11.6. The largest absolute Gasteiger partial charge is 0.385 e. The minimum absolute atomic E-state index is 0.117. The Hall–Kier alpha value is -1.35. The first-order chi connectivity index (χ1) is 8.63. The van der Waals surface area contributed by atoms with Gasteiger partial charge in [0.1, 0.15) is 0 Å². The van der Waals surface area contributed by atoms with Crippen LogP contribution < -0.4 is 5.32 Å². The SMILES string of the molecule is COCCCNC(=O)CCc1ccc(C)cc1C. The molecular formula is C15H23NO2. The van der Waals surface area contributed by atoms with Crippen molar-refractivity contribution in [2.45, 2.75) is 33.1 Å². The van der Waals surface area contributed by atoms with Crippen LogP contribution in [0.15, 0.2) is 18.2 Å². The number of benzene rings is 1. The lowest BCUT2D eigenvalue weighted by Crippen LogP contribution is -2.25. The second-order valence-corrected chi connectivity index (χ2v) is 4.63. The molecule has 0 fully saturated rings. The van der Waals surface area contributed by atoms with Crippen molar-refractivity contribution >= 4 is 5.91 Å². The Morgan fingerprint density at radius 2 is 2.11 bits per heavy atom. The quantitative estimate of drug-likeness (QED) is 0.754. The molecule has 0 unspecified atom stereocenters. The predicted octanol–water partition coefficient (Wildman–Crippen LogP) is 2.39. The molecule has 1 rings (SSSR count). The van der Waals surface area contributed by atoms with Gasteiger partial charge in [-0.05, 0) is 37.8 Å². The van der Waals surface area contributed by atoms with Crippen molar-refractivity contribution in [3.63, 3.8) is 0 Å². The van der Waals surface area contributed by atoms with Gasteiger partial charge in [-0.15, -0.1) is 0 Å². The highest BCUT2D eigenvalue weighted by molar-refractivity contribution is 5.76. The molecule has 1 aromatic rings. The van der Waals surface area contributed by atoms with Gasteiger partial charge >= 0.3 is 0 Å². The van der Waals surface area contributed by atoms with Gasteiger partial charge in [-0.1, -0.05) is 23.8 Å². The highest BCUT2D eigenvalue weighted by Gasteiger charge is 2.03. The second kappa shape index (κ2) is 7.88. The molecule has 3 nitrogen and oxygen atoms in total. The van der Waals surface area contributed by atoms with Crippen LogP contribution in [0.3, 0.4) is 0 Å². The maximum atomic E-state index is 11.6. The van der Waals surface area contributed by atoms with E-state index in [1.807, 2.05) is 0 Å². The van der Waals surface area contributed by atoms with E-state index in [0.29, 0.717) is 19.6 Å². The monoisotopic (exact) mass is 249 g/mol. The number of methoxy groups -OCH3 is 1. The maximum Gasteiger partial charge on any atom is 0.220 e. The molecule has 0 bridgehead atoms. The summed E-state index contributed by atoms with van der Waals surface area (Å²) >= 11 is 0. The Morgan fingerprint density at radius 3 is 2.78 bits per heavy atom. The van der Waals surface area contributed by atoms with Gasteiger partial charge in [0.2, 0.25) is 5.91 Å². The summed E-state index contributed by atoms with van der Waals surface area (Å²) in [6.07, 6.45) is 2.23. The van der Waals surface area contributed by atoms with Crippen LogP contribution in [-0.2, 0) is 16.0 Å². The van der Waals surface area contributed by atoms with E-state index in [1.165, 1.54) is 16.7 Å². The summed E-state index contributed by atoms with van der Waals surface area (Å²) in [5.74, 6) is 0.117. The highest BCUT2D eigenvalue weighted by Crippen LogP contribution is 2.12. The van der Waals surface area contributed by atoms with Gasteiger partial charge in [0, 0.05) is 26.7 Å². The lowest BCUT2D eigenvalue weighted by molar-refractivity contribution is -0.121. The molecule has 0 aromatic heterocycles. The molecule has 0 aliphatic heterocycles. The first-order valence-electron chi connectivity index (χ1n) is 6.45. The Morgan fingerprint density at radius 1 is 1.33 bits per heavy atom. The summed E-state index contributed by atoms with van der Waals surface area (Å²) in [7, 11) is 1.67. The molecule has 0 heterocycles. The molecule has 0 aliphatic rings. The molecule has 0 aliphatic carbocycles. The first-order valence-corrected chi connectivity index (χ1v) is 6.45. The van der Waals surface area contributed by atoms with Gasteiger partial charge in [0.05, 0.1) is 0 Å². The van der Waals surface area contributed by atoms with Crippen LogP contribution in [0.25, 0.3) is 0 Å². The average molecular weight is 249 g/mol. The van der Waals surface area contributed by atoms with Crippen LogP contribution in [0.4, 0.5) is 0 Å². The van der Waals surface area contributed by atoms with Crippen molar-refractivity contribution in [3.8, 4) is 0 Å². The van der Waals surface area contributed by atoms with Crippen molar-refractivity contribution in [3.05, 3.63) is 34.9 Å². The van der Waals surface area contributed by atoms with E-state index < -0.39 is 0 Å². The third-order valence-electron chi connectivity index (χ3n) is 2.97. The predicted molar refractivity (Wildman–Crippen MR) is 73.7 cm³/mol. The van der Waals surface area contributed by atoms with Crippen LogP contribution in [0.5, 0.6) is 0 Å². The molecule has 3 heteroatoms. The molecule has 0 saturated heterocycles. The molecule has 0 spiro atoms. The molecule has 18 heavy (non-hydrogen) atoms. The topological polar surface area (TPSA) is 38.3 Å². The summed E-state index contributed by atoms with van der Waals surface area (Å²) in [4.78, 5) is 11.6. The Kier molecular flexibility index (Phi) is 6.44. The average Bonchev–Trinajstić information content (AvgIpc) is 2.33. The number of amides is 1. The van der Waals surface area contributed by atoms with Gasteiger partial charge < -0.3 is 10.1 Å². The maximum absolute atomic E-state index is 11.6.